The van der Waals surface area contributed by atoms with E-state index in [1.807, 2.05) is 11.8 Å². The SMILES string of the molecule is CC1CCC(C(=O)Nc2ccnc(C(=O)N3CC4(CCCN4C)C3)c2)O1.COc1cccc(F)c1F. The molecule has 2 atom stereocenters. The second-order valence-corrected chi connectivity index (χ2v) is 9.60. The Morgan fingerprint density at radius 1 is 1.22 bits per heavy atom. The van der Waals surface area contributed by atoms with Crippen molar-refractivity contribution in [2.24, 2.45) is 0 Å². The van der Waals surface area contributed by atoms with E-state index in [9.17, 15) is 18.4 Å². The molecule has 0 radical (unpaired) electrons. The number of benzene rings is 1. The van der Waals surface area contributed by atoms with E-state index in [4.69, 9.17) is 4.74 Å². The number of rotatable bonds is 4. The molecule has 1 N–H and O–H groups in total. The zero-order chi connectivity index (χ0) is 25.9. The molecule has 3 saturated heterocycles. The maximum absolute atomic E-state index is 12.7. The summed E-state index contributed by atoms with van der Waals surface area (Å²) in [5.74, 6) is -2.13. The molecular weight excluding hydrogens is 470 g/mol. The molecule has 3 aliphatic rings. The number of likely N-dealkylation sites (N-methyl/N-ethyl adjacent to an activating group) is 1. The molecule has 0 aliphatic carbocycles. The zero-order valence-corrected chi connectivity index (χ0v) is 20.8. The Morgan fingerprint density at radius 3 is 2.61 bits per heavy atom. The lowest BCUT2D eigenvalue weighted by Crippen LogP contribution is -2.68. The Morgan fingerprint density at radius 2 is 2.00 bits per heavy atom. The van der Waals surface area contributed by atoms with Crippen molar-refractivity contribution in [2.75, 3.05) is 39.1 Å². The van der Waals surface area contributed by atoms with Gasteiger partial charge in [0.1, 0.15) is 11.8 Å². The summed E-state index contributed by atoms with van der Waals surface area (Å²) in [6.45, 7) is 4.59. The van der Waals surface area contributed by atoms with Gasteiger partial charge in [0.25, 0.3) is 11.8 Å². The highest BCUT2D eigenvalue weighted by molar-refractivity contribution is 5.97. The van der Waals surface area contributed by atoms with Crippen LogP contribution in [0.15, 0.2) is 36.5 Å². The van der Waals surface area contributed by atoms with Crippen LogP contribution in [0.3, 0.4) is 0 Å². The first-order valence-electron chi connectivity index (χ1n) is 12.1. The van der Waals surface area contributed by atoms with Crippen molar-refractivity contribution in [2.45, 2.75) is 50.4 Å². The summed E-state index contributed by atoms with van der Waals surface area (Å²) < 4.78 is 34.9. The molecule has 2 aromatic rings. The summed E-state index contributed by atoms with van der Waals surface area (Å²) in [6, 6.07) is 7.14. The topological polar surface area (TPSA) is 84.0 Å². The van der Waals surface area contributed by atoms with Crippen LogP contribution < -0.4 is 10.1 Å². The second-order valence-electron chi connectivity index (χ2n) is 9.60. The average Bonchev–Trinajstić information content (AvgIpc) is 3.45. The molecule has 36 heavy (non-hydrogen) atoms. The molecule has 2 unspecified atom stereocenters. The Balaban J connectivity index is 0.000000256. The number of methoxy groups -OCH3 is 1. The largest absolute Gasteiger partial charge is 0.494 e. The van der Waals surface area contributed by atoms with Gasteiger partial charge in [-0.1, -0.05) is 6.07 Å². The predicted molar refractivity (Wildman–Crippen MR) is 130 cm³/mol. The van der Waals surface area contributed by atoms with E-state index < -0.39 is 17.7 Å². The molecule has 0 bridgehead atoms. The molecule has 2 amide bonds. The number of nitrogens with zero attached hydrogens (tertiary/aromatic N) is 3. The lowest BCUT2D eigenvalue weighted by Gasteiger charge is -2.51. The van der Waals surface area contributed by atoms with E-state index in [1.165, 1.54) is 25.7 Å². The van der Waals surface area contributed by atoms with Gasteiger partial charge in [0.05, 0.1) is 18.8 Å². The van der Waals surface area contributed by atoms with Crippen LogP contribution in [-0.4, -0.2) is 78.1 Å². The molecule has 5 rings (SSSR count). The molecule has 1 spiro atoms. The first kappa shape index (κ1) is 26.0. The Hall–Kier alpha value is -3.11. The number of hydrogen-bond acceptors (Lipinski definition) is 6. The van der Waals surface area contributed by atoms with Crippen LogP contribution in [0.25, 0.3) is 0 Å². The van der Waals surface area contributed by atoms with E-state index in [2.05, 4.69) is 27.0 Å². The fraction of sp³-hybridized carbons (Fsp3) is 0.500. The summed E-state index contributed by atoms with van der Waals surface area (Å²) in [7, 11) is 3.42. The van der Waals surface area contributed by atoms with Gasteiger partial charge in [0, 0.05) is 25.0 Å². The normalized spacial score (nSPS) is 22.5. The number of carbonyl (C=O) groups excluding carboxylic acids is 2. The standard InChI is InChI=1S/C19H26N4O3.C7H6F2O/c1-13-4-5-16(26-13)17(24)21-14-6-8-20-15(10-14)18(25)23-11-19(12-23)7-3-9-22(19)2;1-10-6-4-2-3-5(8)7(6)9/h6,8,10,13,16H,3-5,7,9,11-12H2,1-2H3,(H,20,21,24);2-4H,1H3. The van der Waals surface area contributed by atoms with Crippen molar-refractivity contribution < 1.29 is 27.8 Å². The van der Waals surface area contributed by atoms with Gasteiger partial charge in [-0.15, -0.1) is 0 Å². The number of aromatic nitrogens is 1. The zero-order valence-electron chi connectivity index (χ0n) is 20.8. The number of pyridine rings is 1. The number of halogens is 2. The molecule has 3 fully saturated rings. The number of amides is 2. The van der Waals surface area contributed by atoms with Crippen LogP contribution in [0, 0.1) is 11.6 Å². The van der Waals surface area contributed by atoms with Crippen LogP contribution in [-0.2, 0) is 9.53 Å². The minimum Gasteiger partial charge on any atom is -0.494 e. The van der Waals surface area contributed by atoms with E-state index in [1.54, 1.807) is 18.3 Å². The summed E-state index contributed by atoms with van der Waals surface area (Å²) >= 11 is 0. The van der Waals surface area contributed by atoms with Crippen LogP contribution in [0.1, 0.15) is 43.1 Å². The maximum Gasteiger partial charge on any atom is 0.272 e. The molecule has 8 nitrogen and oxygen atoms in total. The first-order chi connectivity index (χ1) is 17.2. The van der Waals surface area contributed by atoms with E-state index in [-0.39, 0.29) is 29.2 Å². The van der Waals surface area contributed by atoms with Crippen molar-refractivity contribution in [3.63, 3.8) is 0 Å². The quantitative estimate of drug-likeness (QED) is 0.689. The number of hydrogen-bond donors (Lipinski definition) is 1. The monoisotopic (exact) mass is 502 g/mol. The predicted octanol–water partition coefficient (Wildman–Crippen LogP) is 3.48. The van der Waals surface area contributed by atoms with Crippen molar-refractivity contribution in [1.29, 1.82) is 0 Å². The smallest absolute Gasteiger partial charge is 0.272 e. The number of ether oxygens (including phenoxy) is 2. The molecular formula is C26H32F2N4O4. The van der Waals surface area contributed by atoms with Crippen LogP contribution in [0.5, 0.6) is 5.75 Å². The minimum atomic E-state index is -0.940. The van der Waals surface area contributed by atoms with Gasteiger partial charge in [-0.05, 0) is 70.5 Å². The highest BCUT2D eigenvalue weighted by Crippen LogP contribution is 2.37. The van der Waals surface area contributed by atoms with Gasteiger partial charge in [0.2, 0.25) is 5.82 Å². The van der Waals surface area contributed by atoms with Crippen molar-refractivity contribution in [3.8, 4) is 5.75 Å². The molecule has 3 aliphatic heterocycles. The van der Waals surface area contributed by atoms with Gasteiger partial charge in [-0.3, -0.25) is 19.5 Å². The second kappa shape index (κ2) is 10.9. The van der Waals surface area contributed by atoms with Crippen LogP contribution in [0.4, 0.5) is 14.5 Å². The van der Waals surface area contributed by atoms with Crippen LogP contribution in [0.2, 0.25) is 0 Å². The van der Waals surface area contributed by atoms with E-state index >= 15 is 0 Å². The van der Waals surface area contributed by atoms with Gasteiger partial charge >= 0.3 is 0 Å². The van der Waals surface area contributed by atoms with Gasteiger partial charge in [-0.2, -0.15) is 4.39 Å². The molecule has 10 heteroatoms. The lowest BCUT2D eigenvalue weighted by molar-refractivity contribution is -0.126. The number of likely N-dealkylation sites (tertiary alicyclic amines) is 2. The average molecular weight is 503 g/mol. The third-order valence-corrected chi connectivity index (χ3v) is 7.11. The maximum atomic E-state index is 12.7. The third kappa shape index (κ3) is 5.49. The molecule has 1 aromatic heterocycles. The van der Waals surface area contributed by atoms with Crippen molar-refractivity contribution in [1.82, 2.24) is 14.8 Å². The Kier molecular flexibility index (Phi) is 7.85. The highest BCUT2D eigenvalue weighted by Gasteiger charge is 2.50. The van der Waals surface area contributed by atoms with E-state index in [0.29, 0.717) is 11.4 Å². The molecule has 4 heterocycles. The highest BCUT2D eigenvalue weighted by atomic mass is 19.2. The number of anilines is 1. The third-order valence-electron chi connectivity index (χ3n) is 7.11. The van der Waals surface area contributed by atoms with Gasteiger partial charge in [-0.25, -0.2) is 4.39 Å². The first-order valence-corrected chi connectivity index (χ1v) is 12.1. The molecule has 1 aromatic carbocycles. The van der Waals surface area contributed by atoms with Gasteiger partial charge < -0.3 is 19.7 Å². The fourth-order valence-electron chi connectivity index (χ4n) is 4.93. The molecule has 0 saturated carbocycles. The van der Waals surface area contributed by atoms with Gasteiger partial charge in [0.15, 0.2) is 11.6 Å². The van der Waals surface area contributed by atoms with Crippen LogP contribution >= 0.6 is 0 Å². The summed E-state index contributed by atoms with van der Waals surface area (Å²) in [4.78, 5) is 33.4. The summed E-state index contributed by atoms with van der Waals surface area (Å²) in [5.41, 5.74) is 1.13. The Bertz CT molecular complexity index is 1110. The minimum absolute atomic E-state index is 0.0694. The lowest BCUT2D eigenvalue weighted by atomic mass is 9.87. The van der Waals surface area contributed by atoms with Crippen molar-refractivity contribution in [3.05, 3.63) is 53.9 Å². The number of nitrogens with one attached hydrogen (secondary N) is 1. The van der Waals surface area contributed by atoms with E-state index in [0.717, 1.165) is 45.0 Å². The molecule has 194 valence electrons. The Labute approximate surface area is 209 Å². The fourth-order valence-corrected chi connectivity index (χ4v) is 4.93. The summed E-state index contributed by atoms with van der Waals surface area (Å²) in [6.07, 6.45) is 5.24. The van der Waals surface area contributed by atoms with Crippen molar-refractivity contribution >= 4 is 17.5 Å². The summed E-state index contributed by atoms with van der Waals surface area (Å²) in [5, 5.41) is 2.85. The number of carbonyl (C=O) groups is 2.